The molecule has 0 aliphatic heterocycles. The first-order valence-electron chi connectivity index (χ1n) is 4.81. The minimum Gasteiger partial charge on any atom is -0.476 e. The molecule has 0 spiro atoms. The van der Waals surface area contributed by atoms with Gasteiger partial charge in [-0.15, -0.1) is 0 Å². The van der Waals surface area contributed by atoms with E-state index in [0.29, 0.717) is 0 Å². The van der Waals surface area contributed by atoms with Gasteiger partial charge in [-0.05, 0) is 32.0 Å². The van der Waals surface area contributed by atoms with E-state index in [1.54, 1.807) is 17.8 Å². The molecule has 0 saturated heterocycles. The van der Waals surface area contributed by atoms with Crippen LogP contribution in [0.25, 0.3) is 5.69 Å². The Kier molecular flexibility index (Phi) is 2.44. The molecule has 0 radical (unpaired) electrons. The van der Waals surface area contributed by atoms with Gasteiger partial charge in [-0.3, -0.25) is 4.98 Å². The first-order valence-corrected chi connectivity index (χ1v) is 4.81. The molecule has 5 heteroatoms. The average molecular weight is 217 g/mol. The van der Waals surface area contributed by atoms with Crippen LogP contribution >= 0.6 is 0 Å². The largest absolute Gasteiger partial charge is 0.476 e. The molecule has 0 amide bonds. The molecule has 0 aliphatic carbocycles. The fraction of sp³-hybridized carbons (Fsp3) is 0.182. The maximum absolute atomic E-state index is 10.8. The van der Waals surface area contributed by atoms with E-state index >= 15 is 0 Å². The molecular formula is C11H11N3O2. The Morgan fingerprint density at radius 3 is 2.62 bits per heavy atom. The summed E-state index contributed by atoms with van der Waals surface area (Å²) in [5, 5.41) is 12.8. The number of rotatable bonds is 2. The zero-order chi connectivity index (χ0) is 11.7. The van der Waals surface area contributed by atoms with Gasteiger partial charge in [0.2, 0.25) is 0 Å². The predicted molar refractivity (Wildman–Crippen MR) is 57.8 cm³/mol. The molecule has 5 nitrogen and oxygen atoms in total. The number of carboxylic acid groups (broad SMARTS) is 1. The fourth-order valence-corrected chi connectivity index (χ4v) is 1.43. The van der Waals surface area contributed by atoms with Crippen molar-refractivity contribution in [2.24, 2.45) is 0 Å². The third-order valence-corrected chi connectivity index (χ3v) is 2.25. The molecule has 2 rings (SSSR count). The van der Waals surface area contributed by atoms with Crippen molar-refractivity contribution in [3.8, 4) is 5.69 Å². The molecule has 0 atom stereocenters. The summed E-state index contributed by atoms with van der Waals surface area (Å²) in [5.74, 6) is -1.03. The molecule has 82 valence electrons. The molecule has 2 aromatic heterocycles. The second-order valence-electron chi connectivity index (χ2n) is 3.55. The number of hydrogen-bond donors (Lipinski definition) is 1. The summed E-state index contributed by atoms with van der Waals surface area (Å²) >= 11 is 0. The van der Waals surface area contributed by atoms with E-state index in [-0.39, 0.29) is 5.69 Å². The summed E-state index contributed by atoms with van der Waals surface area (Å²) in [5.41, 5.74) is 2.48. The zero-order valence-corrected chi connectivity index (χ0v) is 9.01. The van der Waals surface area contributed by atoms with Crippen molar-refractivity contribution in [3.63, 3.8) is 0 Å². The second-order valence-corrected chi connectivity index (χ2v) is 3.55. The van der Waals surface area contributed by atoms with Crippen LogP contribution in [-0.2, 0) is 0 Å². The van der Waals surface area contributed by atoms with E-state index in [9.17, 15) is 4.79 Å². The van der Waals surface area contributed by atoms with Gasteiger partial charge in [0, 0.05) is 11.4 Å². The summed E-state index contributed by atoms with van der Waals surface area (Å²) in [6, 6.07) is 5.24. The van der Waals surface area contributed by atoms with Gasteiger partial charge in [0.25, 0.3) is 0 Å². The number of nitrogens with zero attached hydrogens (tertiary/aromatic N) is 3. The van der Waals surface area contributed by atoms with E-state index in [4.69, 9.17) is 5.11 Å². The van der Waals surface area contributed by atoms with Gasteiger partial charge < -0.3 is 5.11 Å². The lowest BCUT2D eigenvalue weighted by molar-refractivity contribution is 0.0690. The normalized spacial score (nSPS) is 10.4. The molecular weight excluding hydrogens is 206 g/mol. The van der Waals surface area contributed by atoms with Crippen LogP contribution in [0.4, 0.5) is 0 Å². The molecule has 0 saturated carbocycles. The van der Waals surface area contributed by atoms with E-state index in [1.165, 1.54) is 6.07 Å². The van der Waals surface area contributed by atoms with E-state index in [1.807, 2.05) is 19.1 Å². The van der Waals surface area contributed by atoms with Gasteiger partial charge in [0.15, 0.2) is 5.69 Å². The lowest BCUT2D eigenvalue weighted by atomic mass is 10.3. The van der Waals surface area contributed by atoms with Crippen molar-refractivity contribution in [2.45, 2.75) is 13.8 Å². The fourth-order valence-electron chi connectivity index (χ4n) is 1.43. The van der Waals surface area contributed by atoms with E-state index in [2.05, 4.69) is 10.1 Å². The molecule has 0 unspecified atom stereocenters. The van der Waals surface area contributed by atoms with Crippen LogP contribution in [0.2, 0.25) is 0 Å². The third-order valence-electron chi connectivity index (χ3n) is 2.25. The maximum atomic E-state index is 10.8. The van der Waals surface area contributed by atoms with Crippen molar-refractivity contribution in [3.05, 3.63) is 41.5 Å². The summed E-state index contributed by atoms with van der Waals surface area (Å²) in [6.07, 6.45) is 1.67. The molecule has 16 heavy (non-hydrogen) atoms. The van der Waals surface area contributed by atoms with Gasteiger partial charge >= 0.3 is 5.97 Å². The highest BCUT2D eigenvalue weighted by molar-refractivity contribution is 5.85. The van der Waals surface area contributed by atoms with Crippen LogP contribution in [-0.4, -0.2) is 25.8 Å². The van der Waals surface area contributed by atoms with Gasteiger partial charge in [-0.25, -0.2) is 9.48 Å². The monoisotopic (exact) mass is 217 g/mol. The zero-order valence-electron chi connectivity index (χ0n) is 9.01. The Morgan fingerprint density at radius 1 is 1.38 bits per heavy atom. The smallest absolute Gasteiger partial charge is 0.356 e. The number of pyridine rings is 1. The minimum atomic E-state index is -1.03. The number of aromatic carboxylic acids is 1. The molecule has 0 aromatic carbocycles. The Hall–Kier alpha value is -2.17. The standard InChI is InChI=1S/C11H11N3O2/c1-7-3-4-9(6-12-7)14-8(2)5-10(13-14)11(15)16/h3-6H,1-2H3,(H,15,16). The quantitative estimate of drug-likeness (QED) is 0.829. The average Bonchev–Trinajstić information content (AvgIpc) is 2.62. The van der Waals surface area contributed by atoms with Crippen LogP contribution in [0.3, 0.4) is 0 Å². The minimum absolute atomic E-state index is 0.0399. The van der Waals surface area contributed by atoms with Crippen molar-refractivity contribution >= 4 is 5.97 Å². The van der Waals surface area contributed by atoms with Crippen LogP contribution in [0.5, 0.6) is 0 Å². The molecule has 0 fully saturated rings. The van der Waals surface area contributed by atoms with Crippen molar-refractivity contribution in [2.75, 3.05) is 0 Å². The molecule has 0 bridgehead atoms. The third kappa shape index (κ3) is 1.79. The van der Waals surface area contributed by atoms with Gasteiger partial charge in [-0.2, -0.15) is 5.10 Å². The highest BCUT2D eigenvalue weighted by Gasteiger charge is 2.11. The van der Waals surface area contributed by atoms with Gasteiger partial charge in [0.1, 0.15) is 0 Å². The Labute approximate surface area is 92.4 Å². The Bertz CT molecular complexity index is 529. The van der Waals surface area contributed by atoms with Crippen molar-refractivity contribution in [1.29, 1.82) is 0 Å². The topological polar surface area (TPSA) is 68.0 Å². The molecule has 2 aromatic rings. The first-order chi connectivity index (χ1) is 7.58. The summed E-state index contributed by atoms with van der Waals surface area (Å²) in [7, 11) is 0. The first kappa shape index (κ1) is 10.4. The number of aryl methyl sites for hydroxylation is 2. The van der Waals surface area contributed by atoms with Crippen LogP contribution in [0, 0.1) is 13.8 Å². The molecule has 0 aliphatic rings. The number of hydrogen-bond acceptors (Lipinski definition) is 3. The lowest BCUT2D eigenvalue weighted by Gasteiger charge is -2.03. The van der Waals surface area contributed by atoms with Crippen LogP contribution in [0.1, 0.15) is 21.9 Å². The number of aromatic nitrogens is 3. The summed E-state index contributed by atoms with van der Waals surface area (Å²) < 4.78 is 1.57. The number of carboxylic acids is 1. The molecule has 1 N–H and O–H groups in total. The second kappa shape index (κ2) is 3.77. The summed E-state index contributed by atoms with van der Waals surface area (Å²) in [4.78, 5) is 14.9. The van der Waals surface area contributed by atoms with Crippen molar-refractivity contribution in [1.82, 2.24) is 14.8 Å². The predicted octanol–water partition coefficient (Wildman–Crippen LogP) is 1.58. The lowest BCUT2D eigenvalue weighted by Crippen LogP contribution is -2.02. The Balaban J connectivity index is 2.47. The highest BCUT2D eigenvalue weighted by atomic mass is 16.4. The maximum Gasteiger partial charge on any atom is 0.356 e. The van der Waals surface area contributed by atoms with Crippen LogP contribution < -0.4 is 0 Å². The van der Waals surface area contributed by atoms with Gasteiger partial charge in [-0.1, -0.05) is 0 Å². The number of carbonyl (C=O) groups is 1. The highest BCUT2D eigenvalue weighted by Crippen LogP contribution is 2.11. The van der Waals surface area contributed by atoms with E-state index in [0.717, 1.165) is 17.1 Å². The van der Waals surface area contributed by atoms with E-state index < -0.39 is 5.97 Å². The SMILES string of the molecule is Cc1ccc(-n2nc(C(=O)O)cc2C)cn1. The van der Waals surface area contributed by atoms with Crippen molar-refractivity contribution < 1.29 is 9.90 Å². The van der Waals surface area contributed by atoms with Crippen LogP contribution in [0.15, 0.2) is 24.4 Å². The van der Waals surface area contributed by atoms with Gasteiger partial charge in [0.05, 0.1) is 11.9 Å². The molecule has 2 heterocycles. The Morgan fingerprint density at radius 2 is 2.12 bits per heavy atom. The summed E-state index contributed by atoms with van der Waals surface area (Å²) in [6.45, 7) is 3.70.